The summed E-state index contributed by atoms with van der Waals surface area (Å²) < 4.78 is 12.5. The van der Waals surface area contributed by atoms with Gasteiger partial charge in [-0.25, -0.2) is 4.68 Å². The topological polar surface area (TPSA) is 145 Å². The Morgan fingerprint density at radius 1 is 0.886 bits per heavy atom. The second-order valence-electron chi connectivity index (χ2n) is 9.96. The monoisotopic (exact) mass is 589 g/mol. The number of carbonyl (C=O) groups is 1. The Hall–Kier alpha value is -5.91. The van der Waals surface area contributed by atoms with Crippen LogP contribution in [0.25, 0.3) is 21.9 Å². The first-order chi connectivity index (χ1) is 21.5. The second-order valence-corrected chi connectivity index (χ2v) is 9.96. The molecule has 0 aliphatic carbocycles. The maximum Gasteiger partial charge on any atom is 0.278 e. The number of H-pyrrole nitrogens is 1. The number of fused-ring (bicyclic) bond motifs is 2. The van der Waals surface area contributed by atoms with E-state index in [0.717, 1.165) is 17.0 Å². The van der Waals surface area contributed by atoms with Crippen LogP contribution in [-0.2, 0) is 24.4 Å². The minimum atomic E-state index is -0.571. The number of aromatic amines is 1. The lowest BCUT2D eigenvalue weighted by Crippen LogP contribution is -2.34. The number of benzene rings is 2. The Morgan fingerprint density at radius 3 is 2.20 bits per heavy atom. The Balaban J connectivity index is 1.25. The highest BCUT2D eigenvalue weighted by molar-refractivity contribution is 5.87. The fraction of sp³-hybridized carbons (Fsp3) is 0.156. The first-order valence-electron chi connectivity index (χ1n) is 13.8. The van der Waals surface area contributed by atoms with Crippen molar-refractivity contribution in [2.75, 3.05) is 13.7 Å². The predicted octanol–water partition coefficient (Wildman–Crippen LogP) is 3.09. The van der Waals surface area contributed by atoms with Gasteiger partial charge in [0.2, 0.25) is 5.43 Å². The smallest absolute Gasteiger partial charge is 0.278 e. The van der Waals surface area contributed by atoms with E-state index in [1.165, 1.54) is 10.7 Å². The molecule has 12 heteroatoms. The molecule has 12 nitrogen and oxygen atoms in total. The van der Waals surface area contributed by atoms with E-state index < -0.39 is 11.0 Å². The molecule has 6 rings (SSSR count). The number of methoxy groups -OCH3 is 1. The van der Waals surface area contributed by atoms with E-state index in [2.05, 4.69) is 25.3 Å². The molecule has 0 bridgehead atoms. The van der Waals surface area contributed by atoms with Gasteiger partial charge >= 0.3 is 0 Å². The van der Waals surface area contributed by atoms with Gasteiger partial charge in [-0.2, -0.15) is 0 Å². The lowest BCUT2D eigenvalue weighted by atomic mass is 10.2. The molecular weight excluding hydrogens is 562 g/mol. The first-order valence-corrected chi connectivity index (χ1v) is 13.8. The van der Waals surface area contributed by atoms with E-state index in [-0.39, 0.29) is 54.1 Å². The summed E-state index contributed by atoms with van der Waals surface area (Å²) in [7, 11) is 1.58. The zero-order valence-corrected chi connectivity index (χ0v) is 23.7. The van der Waals surface area contributed by atoms with Gasteiger partial charge in [0.1, 0.15) is 17.0 Å². The number of rotatable bonds is 10. The number of hydrogen-bond donors (Lipinski definition) is 1. The van der Waals surface area contributed by atoms with E-state index in [1.54, 1.807) is 48.7 Å². The summed E-state index contributed by atoms with van der Waals surface area (Å²) in [6.45, 7) is 0.497. The molecule has 0 spiro atoms. The van der Waals surface area contributed by atoms with Crippen LogP contribution in [0.4, 0.5) is 0 Å². The molecule has 0 fully saturated rings. The molecule has 1 amide bonds. The maximum absolute atomic E-state index is 13.6. The molecule has 44 heavy (non-hydrogen) atoms. The van der Waals surface area contributed by atoms with Crippen molar-refractivity contribution in [1.82, 2.24) is 34.8 Å². The summed E-state index contributed by atoms with van der Waals surface area (Å²) in [4.78, 5) is 53.0. The van der Waals surface area contributed by atoms with Crippen LogP contribution in [0.15, 0.2) is 101 Å². The standard InChI is InChI=1S/C32H27N7O5/c1-43-24-10-8-21(9-11-24)17-39-30-29(36-37-39)32(42)35-27-16-25(12-13-26(27)31(30)41)44-20-28(40)38(18-22-6-2-4-14-33-22)19-23-7-3-5-15-34-23/h2-16H,17-20H2,1H3,(H,35,42). The van der Waals surface area contributed by atoms with Gasteiger partial charge in [-0.3, -0.25) is 24.4 Å². The normalized spacial score (nSPS) is 11.0. The maximum atomic E-state index is 13.6. The summed E-state index contributed by atoms with van der Waals surface area (Å²) in [5.41, 5.74) is 1.58. The van der Waals surface area contributed by atoms with Gasteiger partial charge in [-0.05, 0) is 54.1 Å². The summed E-state index contributed by atoms with van der Waals surface area (Å²) >= 11 is 0. The van der Waals surface area contributed by atoms with Crippen LogP contribution in [0.1, 0.15) is 17.0 Å². The lowest BCUT2D eigenvalue weighted by Gasteiger charge is -2.22. The number of aromatic nitrogens is 6. The molecule has 0 unspecified atom stereocenters. The fourth-order valence-corrected chi connectivity index (χ4v) is 4.77. The van der Waals surface area contributed by atoms with Gasteiger partial charge in [-0.1, -0.05) is 29.5 Å². The number of carbonyl (C=O) groups excluding carboxylic acids is 1. The molecule has 0 saturated carbocycles. The van der Waals surface area contributed by atoms with E-state index >= 15 is 0 Å². The fourth-order valence-electron chi connectivity index (χ4n) is 4.77. The van der Waals surface area contributed by atoms with E-state index in [9.17, 15) is 14.4 Å². The van der Waals surface area contributed by atoms with Crippen molar-refractivity contribution in [2.24, 2.45) is 0 Å². The van der Waals surface area contributed by atoms with Crippen LogP contribution < -0.4 is 20.5 Å². The Bertz CT molecular complexity index is 2010. The number of ether oxygens (including phenoxy) is 2. The van der Waals surface area contributed by atoms with Crippen LogP contribution in [0.2, 0.25) is 0 Å². The zero-order valence-electron chi connectivity index (χ0n) is 23.7. The lowest BCUT2D eigenvalue weighted by molar-refractivity contribution is -0.134. The number of pyridine rings is 2. The van der Waals surface area contributed by atoms with Crippen molar-refractivity contribution in [1.29, 1.82) is 0 Å². The quantitative estimate of drug-likeness (QED) is 0.255. The first kappa shape index (κ1) is 28.2. The average Bonchev–Trinajstić information content (AvgIpc) is 3.44. The SMILES string of the molecule is COc1ccc(Cn2nnc3c(=O)[nH]c4cc(OCC(=O)N(Cc5ccccn5)Cc5ccccn5)ccc4c(=O)c32)cc1. The van der Waals surface area contributed by atoms with Crippen molar-refractivity contribution >= 4 is 27.8 Å². The minimum absolute atomic E-state index is 0.0722. The highest BCUT2D eigenvalue weighted by Gasteiger charge is 2.18. The molecule has 4 heterocycles. The van der Waals surface area contributed by atoms with Crippen molar-refractivity contribution in [2.45, 2.75) is 19.6 Å². The molecule has 0 aliphatic rings. The zero-order chi connectivity index (χ0) is 30.5. The minimum Gasteiger partial charge on any atom is -0.497 e. The number of nitrogens with one attached hydrogen (secondary N) is 1. The predicted molar refractivity (Wildman–Crippen MR) is 162 cm³/mol. The van der Waals surface area contributed by atoms with Crippen molar-refractivity contribution < 1.29 is 14.3 Å². The molecule has 0 aliphatic heterocycles. The van der Waals surface area contributed by atoms with E-state index in [4.69, 9.17) is 9.47 Å². The van der Waals surface area contributed by atoms with Gasteiger partial charge in [0.15, 0.2) is 12.1 Å². The average molecular weight is 590 g/mol. The third-order valence-electron chi connectivity index (χ3n) is 7.01. The number of amides is 1. The van der Waals surface area contributed by atoms with Crippen LogP contribution in [0.3, 0.4) is 0 Å². The van der Waals surface area contributed by atoms with Crippen molar-refractivity contribution in [3.63, 3.8) is 0 Å². The Labute approximate surface area is 250 Å². The third kappa shape index (κ3) is 6.14. The summed E-state index contributed by atoms with van der Waals surface area (Å²) in [5.74, 6) is 0.718. The van der Waals surface area contributed by atoms with Crippen LogP contribution in [0.5, 0.6) is 11.5 Å². The van der Waals surface area contributed by atoms with Crippen LogP contribution in [-0.4, -0.2) is 54.5 Å². The van der Waals surface area contributed by atoms with E-state index in [1.807, 2.05) is 48.5 Å². The molecule has 0 radical (unpaired) electrons. The highest BCUT2D eigenvalue weighted by atomic mass is 16.5. The molecule has 4 aromatic heterocycles. The Kier molecular flexibility index (Phi) is 8.04. The van der Waals surface area contributed by atoms with Gasteiger partial charge < -0.3 is 19.4 Å². The molecule has 0 atom stereocenters. The molecule has 6 aromatic rings. The summed E-state index contributed by atoms with van der Waals surface area (Å²) in [5, 5.41) is 8.32. The second kappa shape index (κ2) is 12.5. The van der Waals surface area contributed by atoms with Crippen molar-refractivity contribution in [3.8, 4) is 11.5 Å². The summed E-state index contributed by atoms with van der Waals surface area (Å²) in [6.07, 6.45) is 3.34. The number of nitrogens with zero attached hydrogens (tertiary/aromatic N) is 6. The molecule has 2 aromatic carbocycles. The molecular formula is C32H27N7O5. The van der Waals surface area contributed by atoms with Gasteiger partial charge in [0, 0.05) is 23.8 Å². The summed E-state index contributed by atoms with van der Waals surface area (Å²) in [6, 6.07) is 23.0. The van der Waals surface area contributed by atoms with E-state index in [0.29, 0.717) is 11.5 Å². The van der Waals surface area contributed by atoms with Gasteiger partial charge in [-0.15, -0.1) is 5.10 Å². The van der Waals surface area contributed by atoms with Crippen molar-refractivity contribution in [3.05, 3.63) is 129 Å². The Morgan fingerprint density at radius 2 is 1.57 bits per heavy atom. The van der Waals surface area contributed by atoms with Gasteiger partial charge in [0.25, 0.3) is 11.5 Å². The molecule has 0 saturated heterocycles. The van der Waals surface area contributed by atoms with Crippen LogP contribution in [0, 0.1) is 0 Å². The highest BCUT2D eigenvalue weighted by Crippen LogP contribution is 2.19. The molecule has 1 N–H and O–H groups in total. The third-order valence-corrected chi connectivity index (χ3v) is 7.01. The van der Waals surface area contributed by atoms with Crippen LogP contribution >= 0.6 is 0 Å². The largest absolute Gasteiger partial charge is 0.497 e. The van der Waals surface area contributed by atoms with Gasteiger partial charge in [0.05, 0.1) is 43.6 Å². The molecule has 220 valence electrons. The number of hydrogen-bond acceptors (Lipinski definition) is 9.